The number of hydrogen-bond acceptors (Lipinski definition) is 8. The van der Waals surface area contributed by atoms with Crippen LogP contribution in [0.1, 0.15) is 0 Å². The van der Waals surface area contributed by atoms with Crippen molar-refractivity contribution in [3.8, 4) is 68.3 Å². The highest BCUT2D eigenvalue weighted by molar-refractivity contribution is 7.25. The lowest BCUT2D eigenvalue weighted by Crippen LogP contribution is -2.00. The summed E-state index contributed by atoms with van der Waals surface area (Å²) in [5.41, 5.74) is 6.71. The van der Waals surface area contributed by atoms with Gasteiger partial charge in [-0.3, -0.25) is 0 Å². The number of rotatable bonds is 7. The van der Waals surface area contributed by atoms with Crippen LogP contribution in [0.4, 0.5) is 0 Å². The Hall–Kier alpha value is -7.55. The minimum Gasteiger partial charge on any atom is -0.456 e. The molecule has 0 radical (unpaired) electrons. The average molecular weight is 752 g/mol. The molecule has 8 heteroatoms. The van der Waals surface area contributed by atoms with Crippen LogP contribution in [0.5, 0.6) is 11.5 Å². The van der Waals surface area contributed by atoms with Crippen molar-refractivity contribution < 1.29 is 9.15 Å². The molecule has 0 saturated heterocycles. The first-order valence-electron chi connectivity index (χ1n) is 18.6. The van der Waals surface area contributed by atoms with Crippen LogP contribution in [0, 0.1) is 0 Å². The van der Waals surface area contributed by atoms with Gasteiger partial charge >= 0.3 is 0 Å². The van der Waals surface area contributed by atoms with E-state index in [-0.39, 0.29) is 0 Å². The number of benzene rings is 7. The van der Waals surface area contributed by atoms with E-state index in [0.717, 1.165) is 55.1 Å². The normalized spacial score (nSPS) is 11.5. The molecule has 4 heterocycles. The van der Waals surface area contributed by atoms with E-state index in [0.29, 0.717) is 40.5 Å². The number of ether oxygens (including phenoxy) is 1. The fraction of sp³-hybridized carbons (Fsp3) is 0. The van der Waals surface area contributed by atoms with Crippen LogP contribution in [0.2, 0.25) is 0 Å². The summed E-state index contributed by atoms with van der Waals surface area (Å²) in [4.78, 5) is 25.0. The van der Waals surface area contributed by atoms with Crippen molar-refractivity contribution in [3.63, 3.8) is 0 Å². The van der Waals surface area contributed by atoms with Gasteiger partial charge in [-0.15, -0.1) is 11.3 Å². The Kier molecular flexibility index (Phi) is 7.86. The largest absolute Gasteiger partial charge is 0.456 e. The molecule has 57 heavy (non-hydrogen) atoms. The number of furan rings is 1. The Bertz CT molecular complexity index is 3270. The van der Waals surface area contributed by atoms with E-state index in [2.05, 4.69) is 54.6 Å². The molecule has 4 aromatic heterocycles. The number of fused-ring (bicyclic) bond motifs is 6. The highest BCUT2D eigenvalue weighted by atomic mass is 32.1. The molecule has 0 N–H and O–H groups in total. The Morgan fingerprint density at radius 2 is 1.11 bits per heavy atom. The standard InChI is InChI=1S/C49H29N5O2S/c1-4-13-30(14-5-1)45-41(55-34-17-8-3-9-18-34)29-50-46(51-45)33-23-25-35-38-27-32(24-26-39(38)56-40(35)28-33)48-52-47(31-15-6-2-7-16-31)53-49(54-48)37-20-12-22-43-44(37)36-19-10-11-21-42(36)57-43/h1-29H. The van der Waals surface area contributed by atoms with Crippen LogP contribution in [-0.2, 0) is 0 Å². The van der Waals surface area contributed by atoms with Gasteiger partial charge in [0, 0.05) is 58.8 Å². The van der Waals surface area contributed by atoms with Crippen molar-refractivity contribution in [2.45, 2.75) is 0 Å². The van der Waals surface area contributed by atoms with Crippen LogP contribution >= 0.6 is 11.3 Å². The lowest BCUT2D eigenvalue weighted by Gasteiger charge is -2.12. The lowest BCUT2D eigenvalue weighted by atomic mass is 10.0. The molecule has 0 amide bonds. The molecule has 0 saturated carbocycles. The minimum atomic E-state index is 0.567. The molecule has 7 nitrogen and oxygen atoms in total. The molecule has 11 rings (SSSR count). The second-order valence-corrected chi connectivity index (χ2v) is 14.7. The summed E-state index contributed by atoms with van der Waals surface area (Å²) >= 11 is 1.78. The van der Waals surface area contributed by atoms with Gasteiger partial charge < -0.3 is 9.15 Å². The molecule has 11 aromatic rings. The summed E-state index contributed by atoms with van der Waals surface area (Å²) < 4.78 is 15.1. The van der Waals surface area contributed by atoms with Gasteiger partial charge in [0.2, 0.25) is 0 Å². The number of nitrogens with zero attached hydrogens (tertiary/aromatic N) is 5. The van der Waals surface area contributed by atoms with E-state index in [1.807, 2.05) is 115 Å². The van der Waals surface area contributed by atoms with Crippen LogP contribution in [0.15, 0.2) is 180 Å². The Morgan fingerprint density at radius 3 is 1.93 bits per heavy atom. The molecule has 0 unspecified atom stereocenters. The molecular formula is C49H29N5O2S. The first-order valence-corrected chi connectivity index (χ1v) is 19.4. The smallest absolute Gasteiger partial charge is 0.172 e. The number of thiophene rings is 1. The third-order valence-corrected chi connectivity index (χ3v) is 11.2. The molecule has 0 aliphatic rings. The van der Waals surface area contributed by atoms with Crippen LogP contribution in [-0.4, -0.2) is 24.9 Å². The van der Waals surface area contributed by atoms with Gasteiger partial charge in [0.25, 0.3) is 0 Å². The SMILES string of the molecule is c1ccc(Oc2cnc(-c3ccc4c(c3)oc3ccc(-c5nc(-c6ccccc6)nc(-c6cccc7sc8ccccc8c67)n5)cc34)nc2-c2ccccc2)cc1. The topological polar surface area (TPSA) is 86.8 Å². The fourth-order valence-corrected chi connectivity index (χ4v) is 8.49. The molecule has 0 atom stereocenters. The van der Waals surface area contributed by atoms with Crippen LogP contribution in [0.25, 0.3) is 98.9 Å². The van der Waals surface area contributed by atoms with Gasteiger partial charge in [-0.25, -0.2) is 24.9 Å². The highest BCUT2D eigenvalue weighted by Gasteiger charge is 2.19. The monoisotopic (exact) mass is 751 g/mol. The van der Waals surface area contributed by atoms with Gasteiger partial charge in [-0.1, -0.05) is 115 Å². The number of hydrogen-bond donors (Lipinski definition) is 0. The van der Waals surface area contributed by atoms with E-state index in [9.17, 15) is 0 Å². The van der Waals surface area contributed by atoms with E-state index < -0.39 is 0 Å². The molecule has 7 aromatic carbocycles. The number of para-hydroxylation sites is 1. The second kappa shape index (κ2) is 13.6. The zero-order valence-corrected chi connectivity index (χ0v) is 31.0. The summed E-state index contributed by atoms with van der Waals surface area (Å²) in [6.07, 6.45) is 1.74. The lowest BCUT2D eigenvalue weighted by molar-refractivity contribution is 0.480. The van der Waals surface area contributed by atoms with E-state index in [1.165, 1.54) is 14.8 Å². The van der Waals surface area contributed by atoms with Crippen molar-refractivity contribution in [1.29, 1.82) is 0 Å². The average Bonchev–Trinajstić information content (AvgIpc) is 3.85. The quantitative estimate of drug-likeness (QED) is 0.160. The van der Waals surface area contributed by atoms with Gasteiger partial charge in [-0.05, 0) is 54.6 Å². The van der Waals surface area contributed by atoms with Crippen molar-refractivity contribution in [2.75, 3.05) is 0 Å². The summed E-state index contributed by atoms with van der Waals surface area (Å²) in [6, 6.07) is 56.8. The molecule has 0 aliphatic carbocycles. The molecule has 0 spiro atoms. The predicted octanol–water partition coefficient (Wildman–Crippen LogP) is 13.1. The maximum absolute atomic E-state index is 6.46. The van der Waals surface area contributed by atoms with Gasteiger partial charge in [0.1, 0.15) is 22.6 Å². The van der Waals surface area contributed by atoms with E-state index >= 15 is 0 Å². The molecule has 0 aliphatic heterocycles. The maximum Gasteiger partial charge on any atom is 0.172 e. The first-order chi connectivity index (χ1) is 28.2. The highest BCUT2D eigenvalue weighted by Crippen LogP contribution is 2.41. The van der Waals surface area contributed by atoms with Crippen LogP contribution in [0.3, 0.4) is 0 Å². The Balaban J connectivity index is 1.01. The van der Waals surface area contributed by atoms with Crippen molar-refractivity contribution in [1.82, 2.24) is 24.9 Å². The predicted molar refractivity (Wildman–Crippen MR) is 229 cm³/mol. The van der Waals surface area contributed by atoms with E-state index in [1.54, 1.807) is 17.5 Å². The first kappa shape index (κ1) is 32.8. The second-order valence-electron chi connectivity index (χ2n) is 13.7. The van der Waals surface area contributed by atoms with Gasteiger partial charge in [0.15, 0.2) is 29.0 Å². The zero-order chi connectivity index (χ0) is 37.7. The summed E-state index contributed by atoms with van der Waals surface area (Å²) in [6.45, 7) is 0. The van der Waals surface area contributed by atoms with Crippen molar-refractivity contribution in [3.05, 3.63) is 176 Å². The minimum absolute atomic E-state index is 0.567. The molecule has 268 valence electrons. The van der Waals surface area contributed by atoms with Crippen molar-refractivity contribution in [2.24, 2.45) is 0 Å². The van der Waals surface area contributed by atoms with E-state index in [4.69, 9.17) is 34.1 Å². The fourth-order valence-electron chi connectivity index (χ4n) is 7.36. The summed E-state index contributed by atoms with van der Waals surface area (Å²) in [7, 11) is 0. The third kappa shape index (κ3) is 5.96. The third-order valence-electron chi connectivity index (χ3n) is 10.1. The maximum atomic E-state index is 6.46. The van der Waals surface area contributed by atoms with Crippen LogP contribution < -0.4 is 4.74 Å². The Labute approximate surface area is 330 Å². The Morgan fingerprint density at radius 1 is 0.439 bits per heavy atom. The molecule has 0 bridgehead atoms. The summed E-state index contributed by atoms with van der Waals surface area (Å²) in [5, 5.41) is 4.27. The number of aromatic nitrogens is 5. The van der Waals surface area contributed by atoms with Crippen molar-refractivity contribution >= 4 is 53.4 Å². The zero-order valence-electron chi connectivity index (χ0n) is 30.2. The molecular weight excluding hydrogens is 723 g/mol. The summed E-state index contributed by atoms with van der Waals surface area (Å²) in [5.74, 6) is 3.69. The molecule has 0 fully saturated rings. The van der Waals surface area contributed by atoms with Gasteiger partial charge in [-0.2, -0.15) is 0 Å². The van der Waals surface area contributed by atoms with Gasteiger partial charge in [0.05, 0.1) is 6.20 Å².